The van der Waals surface area contributed by atoms with Gasteiger partial charge in [0.05, 0.1) is 10.2 Å². The Bertz CT molecular complexity index is 602. The summed E-state index contributed by atoms with van der Waals surface area (Å²) in [6.07, 6.45) is 1.58. The summed E-state index contributed by atoms with van der Waals surface area (Å²) in [6.45, 7) is 1.82. The zero-order chi connectivity index (χ0) is 13.3. The first-order chi connectivity index (χ1) is 8.47. The number of pyridine rings is 1. The highest BCUT2D eigenvalue weighted by Gasteiger charge is 2.09. The van der Waals surface area contributed by atoms with E-state index in [1.54, 1.807) is 12.3 Å². The van der Waals surface area contributed by atoms with Crippen LogP contribution in [0.4, 0.5) is 26.0 Å². The molecule has 0 unspecified atom stereocenters. The molecule has 0 spiro atoms. The van der Waals surface area contributed by atoms with Crippen LogP contribution in [0.3, 0.4) is 0 Å². The van der Waals surface area contributed by atoms with E-state index in [9.17, 15) is 8.78 Å². The Morgan fingerprint density at radius 3 is 2.61 bits per heavy atom. The van der Waals surface area contributed by atoms with E-state index < -0.39 is 11.6 Å². The molecule has 3 N–H and O–H groups in total. The van der Waals surface area contributed by atoms with Crippen LogP contribution in [0.5, 0.6) is 0 Å². The zero-order valence-corrected chi connectivity index (χ0v) is 11.1. The summed E-state index contributed by atoms with van der Waals surface area (Å²) in [6, 6.07) is 3.69. The molecular weight excluding hydrogens is 304 g/mol. The Morgan fingerprint density at radius 1 is 1.22 bits per heavy atom. The monoisotopic (exact) mass is 313 g/mol. The van der Waals surface area contributed by atoms with Gasteiger partial charge in [-0.05, 0) is 34.5 Å². The molecule has 0 aliphatic heterocycles. The zero-order valence-electron chi connectivity index (χ0n) is 9.47. The van der Waals surface area contributed by atoms with Gasteiger partial charge in [-0.1, -0.05) is 0 Å². The van der Waals surface area contributed by atoms with Crippen molar-refractivity contribution in [2.75, 3.05) is 11.1 Å². The van der Waals surface area contributed by atoms with E-state index in [2.05, 4.69) is 26.2 Å². The van der Waals surface area contributed by atoms with Crippen LogP contribution in [0.2, 0.25) is 0 Å². The van der Waals surface area contributed by atoms with Gasteiger partial charge >= 0.3 is 0 Å². The molecule has 94 valence electrons. The number of halogens is 3. The van der Waals surface area contributed by atoms with Crippen molar-refractivity contribution in [1.29, 1.82) is 0 Å². The number of benzene rings is 1. The van der Waals surface area contributed by atoms with Gasteiger partial charge in [-0.3, -0.25) is 0 Å². The molecule has 0 amide bonds. The van der Waals surface area contributed by atoms with E-state index in [-0.39, 0.29) is 10.2 Å². The molecule has 18 heavy (non-hydrogen) atoms. The quantitative estimate of drug-likeness (QED) is 0.830. The average molecular weight is 314 g/mol. The lowest BCUT2D eigenvalue weighted by atomic mass is 10.2. The van der Waals surface area contributed by atoms with Gasteiger partial charge in [-0.2, -0.15) is 0 Å². The molecule has 0 aliphatic carbocycles. The maximum Gasteiger partial charge on any atom is 0.149 e. The summed E-state index contributed by atoms with van der Waals surface area (Å²) in [5.41, 5.74) is 7.23. The molecule has 0 saturated heterocycles. The predicted molar refractivity (Wildman–Crippen MR) is 70.7 cm³/mol. The Kier molecular flexibility index (Phi) is 3.47. The van der Waals surface area contributed by atoms with Gasteiger partial charge in [-0.25, -0.2) is 13.8 Å². The Balaban J connectivity index is 2.34. The van der Waals surface area contributed by atoms with Crippen molar-refractivity contribution < 1.29 is 8.78 Å². The minimum atomic E-state index is -0.698. The van der Waals surface area contributed by atoms with Gasteiger partial charge in [0.1, 0.15) is 17.5 Å². The molecule has 0 radical (unpaired) electrons. The molecule has 1 aromatic carbocycles. The smallest absolute Gasteiger partial charge is 0.149 e. The van der Waals surface area contributed by atoms with Crippen LogP contribution in [0.15, 0.2) is 28.9 Å². The number of aromatic nitrogens is 1. The maximum atomic E-state index is 13.5. The van der Waals surface area contributed by atoms with E-state index in [4.69, 9.17) is 5.73 Å². The van der Waals surface area contributed by atoms with E-state index in [1.807, 2.05) is 6.92 Å². The summed E-state index contributed by atoms with van der Waals surface area (Å²) < 4.78 is 26.8. The molecule has 2 aromatic rings. The first-order valence-electron chi connectivity index (χ1n) is 5.11. The molecule has 1 heterocycles. The van der Waals surface area contributed by atoms with Crippen LogP contribution in [-0.2, 0) is 0 Å². The van der Waals surface area contributed by atoms with Crippen molar-refractivity contribution in [3.05, 3.63) is 46.1 Å². The number of nitrogens with zero attached hydrogens (tertiary/aromatic N) is 1. The Morgan fingerprint density at radius 2 is 1.94 bits per heavy atom. The fraction of sp³-hybridized carbons (Fsp3) is 0.0833. The van der Waals surface area contributed by atoms with Crippen LogP contribution in [-0.4, -0.2) is 4.98 Å². The van der Waals surface area contributed by atoms with Crippen LogP contribution in [0, 0.1) is 18.6 Å². The van der Waals surface area contributed by atoms with Crippen LogP contribution >= 0.6 is 15.9 Å². The minimum Gasteiger partial charge on any atom is -0.398 e. The fourth-order valence-electron chi connectivity index (χ4n) is 1.36. The molecule has 0 saturated carbocycles. The maximum absolute atomic E-state index is 13.5. The third-order valence-corrected chi connectivity index (χ3v) is 3.03. The number of nitrogens with one attached hydrogen (secondary N) is 1. The first kappa shape index (κ1) is 12.8. The molecular formula is C12H10BrF2N3. The van der Waals surface area contributed by atoms with E-state index >= 15 is 0 Å². The molecule has 2 rings (SSSR count). The van der Waals surface area contributed by atoms with Crippen LogP contribution < -0.4 is 11.1 Å². The standard InChI is InChI=1S/C12H10BrF2N3/c1-6-5-17-12(4-10(6)16)18-11-2-7(13)8(14)3-9(11)15/h2-5H,1H3,(H3,16,17,18). The number of anilines is 3. The summed E-state index contributed by atoms with van der Waals surface area (Å²) in [7, 11) is 0. The van der Waals surface area contributed by atoms with E-state index in [0.29, 0.717) is 11.5 Å². The van der Waals surface area contributed by atoms with Crippen molar-refractivity contribution in [1.82, 2.24) is 4.98 Å². The van der Waals surface area contributed by atoms with E-state index in [1.165, 1.54) is 6.07 Å². The fourth-order valence-corrected chi connectivity index (χ4v) is 1.71. The lowest BCUT2D eigenvalue weighted by Gasteiger charge is -2.09. The number of hydrogen-bond acceptors (Lipinski definition) is 3. The number of hydrogen-bond donors (Lipinski definition) is 2. The Hall–Kier alpha value is -1.69. The summed E-state index contributed by atoms with van der Waals surface area (Å²) in [5.74, 6) is -0.957. The normalized spacial score (nSPS) is 10.4. The van der Waals surface area contributed by atoms with Gasteiger partial charge in [0, 0.05) is 24.0 Å². The second-order valence-corrected chi connectivity index (χ2v) is 4.65. The number of aryl methyl sites for hydroxylation is 1. The highest BCUT2D eigenvalue weighted by molar-refractivity contribution is 9.10. The SMILES string of the molecule is Cc1cnc(Nc2cc(Br)c(F)cc2F)cc1N. The van der Waals surface area contributed by atoms with Crippen molar-refractivity contribution in [2.24, 2.45) is 0 Å². The molecule has 3 nitrogen and oxygen atoms in total. The second-order valence-electron chi connectivity index (χ2n) is 3.80. The topological polar surface area (TPSA) is 50.9 Å². The molecule has 1 aromatic heterocycles. The van der Waals surface area contributed by atoms with E-state index in [0.717, 1.165) is 11.6 Å². The number of nitrogen functional groups attached to an aromatic ring is 1. The summed E-state index contributed by atoms with van der Waals surface area (Å²) in [4.78, 5) is 4.06. The van der Waals surface area contributed by atoms with Gasteiger partial charge in [0.25, 0.3) is 0 Å². The van der Waals surface area contributed by atoms with Crippen molar-refractivity contribution in [3.63, 3.8) is 0 Å². The van der Waals surface area contributed by atoms with Gasteiger partial charge in [0.15, 0.2) is 0 Å². The van der Waals surface area contributed by atoms with Gasteiger partial charge in [0.2, 0.25) is 0 Å². The largest absolute Gasteiger partial charge is 0.398 e. The van der Waals surface area contributed by atoms with Crippen LogP contribution in [0.1, 0.15) is 5.56 Å². The molecule has 6 heteroatoms. The molecule has 0 fully saturated rings. The average Bonchev–Trinajstić information content (AvgIpc) is 2.31. The summed E-state index contributed by atoms with van der Waals surface area (Å²) in [5, 5.41) is 2.75. The van der Waals surface area contributed by atoms with Gasteiger partial charge < -0.3 is 11.1 Å². The van der Waals surface area contributed by atoms with Crippen molar-refractivity contribution in [3.8, 4) is 0 Å². The molecule has 0 bridgehead atoms. The lowest BCUT2D eigenvalue weighted by molar-refractivity contribution is 0.581. The third kappa shape index (κ3) is 2.59. The van der Waals surface area contributed by atoms with Gasteiger partial charge in [-0.15, -0.1) is 0 Å². The minimum absolute atomic E-state index is 0.124. The van der Waals surface area contributed by atoms with Crippen LogP contribution in [0.25, 0.3) is 0 Å². The number of nitrogens with two attached hydrogens (primary N) is 1. The predicted octanol–water partition coefficient (Wildman–Crippen LogP) is 3.76. The third-order valence-electron chi connectivity index (χ3n) is 2.42. The molecule has 0 atom stereocenters. The second kappa shape index (κ2) is 4.89. The highest BCUT2D eigenvalue weighted by Crippen LogP contribution is 2.26. The van der Waals surface area contributed by atoms with Crippen molar-refractivity contribution >= 4 is 33.1 Å². The summed E-state index contributed by atoms with van der Waals surface area (Å²) >= 11 is 2.99. The molecule has 0 aliphatic rings. The van der Waals surface area contributed by atoms with Crippen molar-refractivity contribution in [2.45, 2.75) is 6.92 Å². The highest BCUT2D eigenvalue weighted by atomic mass is 79.9. The lowest BCUT2D eigenvalue weighted by Crippen LogP contribution is -1.99. The first-order valence-corrected chi connectivity index (χ1v) is 5.90. The Labute approximate surface area is 111 Å². The number of rotatable bonds is 2.